The highest BCUT2D eigenvalue weighted by atomic mass is 32.2. The zero-order valence-corrected chi connectivity index (χ0v) is 12.2. The van der Waals surface area contributed by atoms with Crippen molar-refractivity contribution >= 4 is 15.5 Å². The number of anilines is 1. The second-order valence-electron chi connectivity index (χ2n) is 5.47. The number of hydrogen-bond donors (Lipinski definition) is 2. The third kappa shape index (κ3) is 3.70. The number of benzene rings is 1. The molecule has 1 saturated heterocycles. The third-order valence-electron chi connectivity index (χ3n) is 3.90. The van der Waals surface area contributed by atoms with Gasteiger partial charge in [-0.05, 0) is 50.5 Å². The first-order valence-electron chi connectivity index (χ1n) is 6.92. The molecule has 1 aromatic carbocycles. The first-order valence-corrected chi connectivity index (χ1v) is 8.57. The van der Waals surface area contributed by atoms with Crippen LogP contribution in [0.4, 0.5) is 5.69 Å². The van der Waals surface area contributed by atoms with Crippen molar-refractivity contribution in [2.75, 3.05) is 24.6 Å². The fourth-order valence-corrected chi connectivity index (χ4v) is 4.35. The highest BCUT2D eigenvalue weighted by molar-refractivity contribution is 7.91. The van der Waals surface area contributed by atoms with E-state index in [1.54, 1.807) is 24.3 Å². The monoisotopic (exact) mass is 283 g/mol. The lowest BCUT2D eigenvalue weighted by Crippen LogP contribution is -3.16. The van der Waals surface area contributed by atoms with E-state index in [0.29, 0.717) is 10.6 Å². The van der Waals surface area contributed by atoms with Crippen LogP contribution >= 0.6 is 0 Å². The Hall–Kier alpha value is -1.07. The van der Waals surface area contributed by atoms with E-state index in [1.807, 2.05) is 6.92 Å². The van der Waals surface area contributed by atoms with Crippen LogP contribution in [0.2, 0.25) is 0 Å². The fraction of sp³-hybridized carbons (Fsp3) is 0.571. The molecular formula is C14H23N2O2S+. The van der Waals surface area contributed by atoms with E-state index in [1.165, 1.54) is 24.2 Å². The number of nitrogens with one attached hydrogen (secondary N) is 1. The molecule has 1 aliphatic rings. The molecular weight excluding hydrogens is 260 g/mol. The standard InChI is InChI=1S/C14H22N2O2S/c1-12(16-9-3-2-4-10-16)11-19(17,18)14-7-5-13(15)6-8-14/h5-8,12H,2-4,9-11,15H2,1H3/p+1/t12-/m0/s1. The summed E-state index contributed by atoms with van der Waals surface area (Å²) in [5.74, 6) is 0.215. The zero-order chi connectivity index (χ0) is 13.9. The quantitative estimate of drug-likeness (QED) is 0.791. The maximum absolute atomic E-state index is 12.3. The van der Waals surface area contributed by atoms with Gasteiger partial charge in [-0.1, -0.05) is 0 Å². The highest BCUT2D eigenvalue weighted by Gasteiger charge is 2.26. The Morgan fingerprint density at radius 1 is 1.16 bits per heavy atom. The van der Waals surface area contributed by atoms with Crippen molar-refractivity contribution < 1.29 is 13.3 Å². The number of nitrogens with two attached hydrogens (primary N) is 1. The minimum Gasteiger partial charge on any atom is -0.399 e. The van der Waals surface area contributed by atoms with Gasteiger partial charge in [-0.25, -0.2) is 8.42 Å². The number of sulfone groups is 1. The molecule has 1 aliphatic heterocycles. The molecule has 4 nitrogen and oxygen atoms in total. The van der Waals surface area contributed by atoms with Crippen LogP contribution < -0.4 is 10.6 Å². The fourth-order valence-electron chi connectivity index (χ4n) is 2.72. The molecule has 0 bridgehead atoms. The van der Waals surface area contributed by atoms with Crippen LogP contribution in [0.15, 0.2) is 29.2 Å². The molecule has 0 unspecified atom stereocenters. The van der Waals surface area contributed by atoms with Crippen molar-refractivity contribution in [3.63, 3.8) is 0 Å². The molecule has 0 aliphatic carbocycles. The van der Waals surface area contributed by atoms with E-state index >= 15 is 0 Å². The van der Waals surface area contributed by atoms with Gasteiger partial charge in [-0.15, -0.1) is 0 Å². The Balaban J connectivity index is 2.05. The summed E-state index contributed by atoms with van der Waals surface area (Å²) < 4.78 is 24.7. The van der Waals surface area contributed by atoms with E-state index in [0.717, 1.165) is 13.1 Å². The van der Waals surface area contributed by atoms with Gasteiger partial charge in [0.1, 0.15) is 5.75 Å². The molecule has 19 heavy (non-hydrogen) atoms. The zero-order valence-electron chi connectivity index (χ0n) is 11.4. The summed E-state index contributed by atoms with van der Waals surface area (Å²) in [5, 5.41) is 0. The molecule has 106 valence electrons. The van der Waals surface area contributed by atoms with E-state index in [-0.39, 0.29) is 11.8 Å². The van der Waals surface area contributed by atoms with E-state index in [9.17, 15) is 8.42 Å². The van der Waals surface area contributed by atoms with Crippen LogP contribution in [-0.2, 0) is 9.84 Å². The van der Waals surface area contributed by atoms with E-state index in [2.05, 4.69) is 0 Å². The van der Waals surface area contributed by atoms with Crippen LogP contribution in [0.1, 0.15) is 26.2 Å². The van der Waals surface area contributed by atoms with Gasteiger partial charge in [-0.2, -0.15) is 0 Å². The summed E-state index contributed by atoms with van der Waals surface area (Å²) in [6, 6.07) is 6.64. The number of likely N-dealkylation sites (tertiary alicyclic amines) is 1. The Labute approximate surface area is 115 Å². The predicted molar refractivity (Wildman–Crippen MR) is 76.9 cm³/mol. The van der Waals surface area contributed by atoms with Gasteiger partial charge in [0.2, 0.25) is 0 Å². The molecule has 0 spiro atoms. The minimum atomic E-state index is -3.20. The van der Waals surface area contributed by atoms with Gasteiger partial charge in [0, 0.05) is 5.69 Å². The van der Waals surface area contributed by atoms with Gasteiger partial charge in [0.25, 0.3) is 0 Å². The number of hydrogen-bond acceptors (Lipinski definition) is 3. The lowest BCUT2D eigenvalue weighted by Gasteiger charge is -2.29. The average Bonchev–Trinajstić information content (AvgIpc) is 2.40. The topological polar surface area (TPSA) is 64.6 Å². The second kappa shape index (κ2) is 5.92. The van der Waals surface area contributed by atoms with Crippen LogP contribution in [0.25, 0.3) is 0 Å². The molecule has 0 amide bonds. The second-order valence-corrected chi connectivity index (χ2v) is 7.50. The molecule has 3 N–H and O–H groups in total. The van der Waals surface area contributed by atoms with Crippen molar-refractivity contribution in [2.24, 2.45) is 0 Å². The lowest BCUT2D eigenvalue weighted by molar-refractivity contribution is -0.925. The van der Waals surface area contributed by atoms with Gasteiger partial charge < -0.3 is 10.6 Å². The summed E-state index contributed by atoms with van der Waals surface area (Å²) in [6.07, 6.45) is 3.70. The molecule has 1 heterocycles. The maximum atomic E-state index is 12.3. The molecule has 5 heteroatoms. The number of quaternary nitrogens is 1. The van der Waals surface area contributed by atoms with Crippen LogP contribution in [0.3, 0.4) is 0 Å². The summed E-state index contributed by atoms with van der Waals surface area (Å²) in [4.78, 5) is 1.80. The SMILES string of the molecule is C[C@@H](CS(=O)(=O)c1ccc(N)cc1)[NH+]1CCCCC1. The molecule has 0 aromatic heterocycles. The lowest BCUT2D eigenvalue weighted by atomic mass is 10.1. The van der Waals surface area contributed by atoms with E-state index < -0.39 is 9.84 Å². The maximum Gasteiger partial charge on any atom is 0.184 e. The molecule has 2 rings (SSSR count). The van der Waals surface area contributed by atoms with Crippen LogP contribution in [0, 0.1) is 0 Å². The van der Waals surface area contributed by atoms with Crippen LogP contribution in [-0.4, -0.2) is 33.3 Å². The Bertz CT molecular complexity index is 505. The van der Waals surface area contributed by atoms with Crippen molar-refractivity contribution in [1.29, 1.82) is 0 Å². The number of rotatable bonds is 4. The summed E-state index contributed by atoms with van der Waals surface area (Å²) in [7, 11) is -3.20. The van der Waals surface area contributed by atoms with Crippen molar-refractivity contribution in [3.05, 3.63) is 24.3 Å². The van der Waals surface area contributed by atoms with Gasteiger partial charge in [0.15, 0.2) is 9.84 Å². The molecule has 1 aromatic rings. The summed E-state index contributed by atoms with van der Waals surface area (Å²) >= 11 is 0. The van der Waals surface area contributed by atoms with Crippen molar-refractivity contribution in [2.45, 2.75) is 37.1 Å². The molecule has 0 radical (unpaired) electrons. The summed E-state index contributed by atoms with van der Waals surface area (Å²) in [6.45, 7) is 4.23. The van der Waals surface area contributed by atoms with Gasteiger partial charge in [-0.3, -0.25) is 0 Å². The van der Waals surface area contributed by atoms with Crippen LogP contribution in [0.5, 0.6) is 0 Å². The Morgan fingerprint density at radius 3 is 2.32 bits per heavy atom. The van der Waals surface area contributed by atoms with Gasteiger partial charge >= 0.3 is 0 Å². The minimum absolute atomic E-state index is 0.155. The highest BCUT2D eigenvalue weighted by Crippen LogP contribution is 2.14. The Morgan fingerprint density at radius 2 is 1.74 bits per heavy atom. The molecule has 0 saturated carbocycles. The van der Waals surface area contributed by atoms with Crippen molar-refractivity contribution in [1.82, 2.24) is 0 Å². The summed E-state index contributed by atoms with van der Waals surface area (Å²) in [5.41, 5.74) is 6.18. The predicted octanol–water partition coefficient (Wildman–Crippen LogP) is 0.500. The first kappa shape index (κ1) is 14.3. The van der Waals surface area contributed by atoms with E-state index in [4.69, 9.17) is 5.73 Å². The first-order chi connectivity index (χ1) is 8.99. The van der Waals surface area contributed by atoms with Gasteiger partial charge in [0.05, 0.1) is 24.0 Å². The molecule has 1 atom stereocenters. The average molecular weight is 283 g/mol. The Kier molecular flexibility index (Phi) is 4.47. The number of nitrogen functional groups attached to an aromatic ring is 1. The normalized spacial score (nSPS) is 19.2. The molecule has 1 fully saturated rings. The third-order valence-corrected chi connectivity index (χ3v) is 5.83. The largest absolute Gasteiger partial charge is 0.399 e. The smallest absolute Gasteiger partial charge is 0.184 e. The van der Waals surface area contributed by atoms with Crippen molar-refractivity contribution in [3.8, 4) is 0 Å². The number of piperidine rings is 1.